The number of carboxylic acids is 1. The summed E-state index contributed by atoms with van der Waals surface area (Å²) in [5.74, 6) is -0.909. The van der Waals surface area contributed by atoms with Crippen LogP contribution in [0.15, 0.2) is 36.4 Å². The lowest BCUT2D eigenvalue weighted by atomic mass is 10.1. The van der Waals surface area contributed by atoms with E-state index in [1.807, 2.05) is 0 Å². The zero-order valence-electron chi connectivity index (χ0n) is 11.2. The van der Waals surface area contributed by atoms with Gasteiger partial charge in [-0.3, -0.25) is 0 Å². The molecule has 3 nitrogen and oxygen atoms in total. The molecule has 0 aliphatic rings. The number of hydrogen-bond acceptors (Lipinski definition) is 3. The molecule has 0 aliphatic carbocycles. The number of rotatable bonds is 2. The zero-order valence-corrected chi connectivity index (χ0v) is 12.0. The Morgan fingerprint density at radius 3 is 2.65 bits per heavy atom. The van der Waals surface area contributed by atoms with Gasteiger partial charge in [-0.15, -0.1) is 11.3 Å². The van der Waals surface area contributed by atoms with Gasteiger partial charge >= 0.3 is 5.97 Å². The van der Waals surface area contributed by atoms with Gasteiger partial charge in [-0.05, 0) is 37.6 Å². The molecule has 0 unspecified atom stereocenters. The predicted octanol–water partition coefficient (Wildman–Crippen LogP) is 4.28. The van der Waals surface area contributed by atoms with Gasteiger partial charge in [-0.25, -0.2) is 9.78 Å². The second-order valence-corrected chi connectivity index (χ2v) is 5.86. The number of thiazole rings is 1. The Morgan fingerprint density at radius 1 is 1.15 bits per heavy atom. The third-order valence-corrected chi connectivity index (χ3v) is 4.30. The van der Waals surface area contributed by atoms with Crippen LogP contribution in [0.25, 0.3) is 20.8 Å². The van der Waals surface area contributed by atoms with Crippen molar-refractivity contribution in [1.29, 1.82) is 0 Å². The first-order valence-corrected chi connectivity index (χ1v) is 7.08. The molecule has 0 saturated carbocycles. The highest BCUT2D eigenvalue weighted by Crippen LogP contribution is 2.32. The van der Waals surface area contributed by atoms with Crippen molar-refractivity contribution in [2.24, 2.45) is 0 Å². The molecular formula is C16H13NO2S. The maximum Gasteiger partial charge on any atom is 0.335 e. The van der Waals surface area contributed by atoms with Crippen molar-refractivity contribution in [3.63, 3.8) is 0 Å². The van der Waals surface area contributed by atoms with E-state index in [0.717, 1.165) is 20.8 Å². The summed E-state index contributed by atoms with van der Waals surface area (Å²) in [4.78, 5) is 15.6. The van der Waals surface area contributed by atoms with E-state index in [0.29, 0.717) is 5.56 Å². The molecule has 1 N–H and O–H groups in total. The molecule has 0 saturated heterocycles. The van der Waals surface area contributed by atoms with E-state index in [1.54, 1.807) is 18.2 Å². The molecule has 4 heteroatoms. The number of aryl methyl sites for hydroxylation is 2. The molecule has 0 bridgehead atoms. The number of benzene rings is 2. The second-order valence-electron chi connectivity index (χ2n) is 4.83. The van der Waals surface area contributed by atoms with Crippen LogP contribution in [-0.4, -0.2) is 16.1 Å². The molecule has 0 fully saturated rings. The number of aromatic carboxylic acids is 1. The van der Waals surface area contributed by atoms with Crippen molar-refractivity contribution in [3.05, 3.63) is 53.1 Å². The van der Waals surface area contributed by atoms with E-state index in [2.05, 4.69) is 37.0 Å². The Balaban J connectivity index is 2.15. The molecule has 0 atom stereocenters. The normalized spacial score (nSPS) is 10.9. The van der Waals surface area contributed by atoms with Crippen molar-refractivity contribution in [1.82, 2.24) is 4.98 Å². The molecule has 0 aliphatic heterocycles. The predicted molar refractivity (Wildman–Crippen MR) is 81.5 cm³/mol. The Bertz CT molecular complexity index is 820. The van der Waals surface area contributed by atoms with E-state index in [4.69, 9.17) is 5.11 Å². The van der Waals surface area contributed by atoms with Gasteiger partial charge in [0.05, 0.1) is 15.8 Å². The fraction of sp³-hybridized carbons (Fsp3) is 0.125. The number of carbonyl (C=O) groups is 1. The van der Waals surface area contributed by atoms with Crippen LogP contribution >= 0.6 is 11.3 Å². The summed E-state index contributed by atoms with van der Waals surface area (Å²) in [6, 6.07) is 11.3. The highest BCUT2D eigenvalue weighted by molar-refractivity contribution is 7.21. The van der Waals surface area contributed by atoms with Gasteiger partial charge in [0.15, 0.2) is 0 Å². The molecular weight excluding hydrogens is 270 g/mol. The summed E-state index contributed by atoms with van der Waals surface area (Å²) in [5.41, 5.74) is 4.65. The molecule has 1 aromatic heterocycles. The van der Waals surface area contributed by atoms with Crippen LogP contribution in [0.4, 0.5) is 0 Å². The van der Waals surface area contributed by atoms with Crippen LogP contribution in [0.2, 0.25) is 0 Å². The van der Waals surface area contributed by atoms with Crippen LogP contribution < -0.4 is 0 Å². The molecule has 20 heavy (non-hydrogen) atoms. The summed E-state index contributed by atoms with van der Waals surface area (Å²) in [6.45, 7) is 4.13. The second kappa shape index (κ2) is 4.72. The fourth-order valence-electron chi connectivity index (χ4n) is 2.23. The first-order valence-electron chi connectivity index (χ1n) is 6.26. The molecule has 0 radical (unpaired) electrons. The highest BCUT2D eigenvalue weighted by atomic mass is 32.1. The maximum absolute atomic E-state index is 11.0. The summed E-state index contributed by atoms with van der Waals surface area (Å²) in [5, 5.41) is 9.96. The van der Waals surface area contributed by atoms with Crippen molar-refractivity contribution in [3.8, 4) is 10.6 Å². The van der Waals surface area contributed by atoms with Crippen LogP contribution in [0.5, 0.6) is 0 Å². The Hall–Kier alpha value is -2.20. The molecule has 1 heterocycles. The van der Waals surface area contributed by atoms with E-state index in [1.165, 1.54) is 22.5 Å². The van der Waals surface area contributed by atoms with E-state index in [-0.39, 0.29) is 0 Å². The summed E-state index contributed by atoms with van der Waals surface area (Å²) < 4.78 is 0.903. The van der Waals surface area contributed by atoms with Crippen LogP contribution in [-0.2, 0) is 0 Å². The maximum atomic E-state index is 11.0. The third-order valence-electron chi connectivity index (χ3n) is 3.25. The molecule has 2 aromatic carbocycles. The average molecular weight is 283 g/mol. The lowest BCUT2D eigenvalue weighted by Gasteiger charge is -2.02. The van der Waals surface area contributed by atoms with E-state index >= 15 is 0 Å². The van der Waals surface area contributed by atoms with Gasteiger partial charge in [-0.2, -0.15) is 0 Å². The van der Waals surface area contributed by atoms with Crippen LogP contribution in [0.1, 0.15) is 21.5 Å². The number of aromatic nitrogens is 1. The summed E-state index contributed by atoms with van der Waals surface area (Å²) >= 11 is 1.53. The molecule has 3 aromatic rings. The number of fused-ring (bicyclic) bond motifs is 1. The van der Waals surface area contributed by atoms with Gasteiger partial charge in [0.25, 0.3) is 0 Å². The quantitative estimate of drug-likeness (QED) is 0.763. The van der Waals surface area contributed by atoms with Gasteiger partial charge in [-0.1, -0.05) is 23.8 Å². The molecule has 0 spiro atoms. The first-order chi connectivity index (χ1) is 9.54. The van der Waals surface area contributed by atoms with Crippen LogP contribution in [0.3, 0.4) is 0 Å². The summed E-state index contributed by atoms with van der Waals surface area (Å²) in [7, 11) is 0. The average Bonchev–Trinajstić information content (AvgIpc) is 2.80. The first kappa shape index (κ1) is 12.8. The SMILES string of the molecule is Cc1ccc(-c2nc3ccc(C(=O)O)cc3s2)c(C)c1. The molecule has 100 valence electrons. The van der Waals surface area contributed by atoms with Crippen LogP contribution in [0, 0.1) is 13.8 Å². The number of carboxylic acid groups (broad SMARTS) is 1. The third kappa shape index (κ3) is 2.18. The fourth-order valence-corrected chi connectivity index (χ4v) is 3.32. The van der Waals surface area contributed by atoms with E-state index < -0.39 is 5.97 Å². The minimum Gasteiger partial charge on any atom is -0.478 e. The lowest BCUT2D eigenvalue weighted by Crippen LogP contribution is -1.94. The number of nitrogens with zero attached hydrogens (tertiary/aromatic N) is 1. The monoisotopic (exact) mass is 283 g/mol. The largest absolute Gasteiger partial charge is 0.478 e. The molecule has 0 amide bonds. The standard InChI is InChI=1S/C16H13NO2S/c1-9-3-5-12(10(2)7-9)15-17-13-6-4-11(16(18)19)8-14(13)20-15/h3-8H,1-2H3,(H,18,19). The van der Waals surface area contributed by atoms with Crippen molar-refractivity contribution < 1.29 is 9.90 Å². The minimum absolute atomic E-state index is 0.299. The molecule has 3 rings (SSSR count). The Kier molecular flexibility index (Phi) is 3.03. The number of hydrogen-bond donors (Lipinski definition) is 1. The minimum atomic E-state index is -0.909. The van der Waals surface area contributed by atoms with Gasteiger partial charge in [0, 0.05) is 5.56 Å². The van der Waals surface area contributed by atoms with Crippen molar-refractivity contribution in [2.75, 3.05) is 0 Å². The van der Waals surface area contributed by atoms with Gasteiger partial charge in [0.1, 0.15) is 5.01 Å². The van der Waals surface area contributed by atoms with E-state index in [9.17, 15) is 4.79 Å². The lowest BCUT2D eigenvalue weighted by molar-refractivity contribution is 0.0697. The van der Waals surface area contributed by atoms with Gasteiger partial charge in [0.2, 0.25) is 0 Å². The van der Waals surface area contributed by atoms with Crippen molar-refractivity contribution >= 4 is 27.5 Å². The smallest absolute Gasteiger partial charge is 0.335 e. The Morgan fingerprint density at radius 2 is 1.95 bits per heavy atom. The topological polar surface area (TPSA) is 50.2 Å². The zero-order chi connectivity index (χ0) is 14.3. The highest BCUT2D eigenvalue weighted by Gasteiger charge is 2.11. The van der Waals surface area contributed by atoms with Gasteiger partial charge < -0.3 is 5.11 Å². The van der Waals surface area contributed by atoms with Crippen molar-refractivity contribution in [2.45, 2.75) is 13.8 Å². The Labute approximate surface area is 120 Å². The summed E-state index contributed by atoms with van der Waals surface area (Å²) in [6.07, 6.45) is 0.